The summed E-state index contributed by atoms with van der Waals surface area (Å²) in [5.74, 6) is 0.575. The largest absolute Gasteiger partial charge is 0.494 e. The zero-order valence-corrected chi connectivity index (χ0v) is 11.6. The molecule has 0 saturated carbocycles. The van der Waals surface area contributed by atoms with Gasteiger partial charge < -0.3 is 15.0 Å². The van der Waals surface area contributed by atoms with Crippen molar-refractivity contribution in [3.8, 4) is 5.75 Å². The van der Waals surface area contributed by atoms with Crippen LogP contribution in [0.3, 0.4) is 0 Å². The first kappa shape index (κ1) is 12.8. The molecule has 0 unspecified atom stereocenters. The summed E-state index contributed by atoms with van der Waals surface area (Å²) < 4.78 is 5.30. The molecule has 1 aliphatic heterocycles. The van der Waals surface area contributed by atoms with E-state index < -0.39 is 0 Å². The van der Waals surface area contributed by atoms with E-state index in [2.05, 4.69) is 5.32 Å². The topological polar surface area (TPSA) is 41.6 Å². The van der Waals surface area contributed by atoms with Crippen molar-refractivity contribution in [2.24, 2.45) is 0 Å². The molecule has 0 radical (unpaired) electrons. The average molecular weight is 289 g/mol. The number of nitrogens with one attached hydrogen (secondary N) is 1. The van der Waals surface area contributed by atoms with Crippen LogP contribution in [-0.2, 0) is 4.79 Å². The molecule has 0 aliphatic carbocycles. The minimum Gasteiger partial charge on any atom is -0.494 e. The third kappa shape index (κ3) is 2.18. The van der Waals surface area contributed by atoms with Crippen molar-refractivity contribution in [2.75, 3.05) is 23.9 Å². The number of benzene rings is 2. The van der Waals surface area contributed by atoms with Gasteiger partial charge in [-0.05, 0) is 36.4 Å². The van der Waals surface area contributed by atoms with Crippen LogP contribution in [0.5, 0.6) is 5.75 Å². The maximum absolute atomic E-state index is 11.9. The van der Waals surface area contributed by atoms with Crippen LogP contribution in [0.4, 0.5) is 17.1 Å². The van der Waals surface area contributed by atoms with Crippen LogP contribution >= 0.6 is 11.6 Å². The molecule has 0 saturated heterocycles. The van der Waals surface area contributed by atoms with E-state index in [0.717, 1.165) is 11.4 Å². The Kier molecular flexibility index (Phi) is 3.24. The first-order valence-electron chi connectivity index (χ1n) is 6.19. The zero-order chi connectivity index (χ0) is 14.1. The number of methoxy groups -OCH3 is 1. The lowest BCUT2D eigenvalue weighted by atomic mass is 10.1. The number of amides is 1. The minimum atomic E-state index is -0.0723. The second-order valence-corrected chi connectivity index (χ2v) is 4.90. The van der Waals surface area contributed by atoms with Gasteiger partial charge in [-0.15, -0.1) is 0 Å². The minimum absolute atomic E-state index is 0.0723. The van der Waals surface area contributed by atoms with E-state index in [9.17, 15) is 4.79 Å². The summed E-state index contributed by atoms with van der Waals surface area (Å²) in [5.41, 5.74) is 2.52. The predicted molar refractivity (Wildman–Crippen MR) is 80.1 cm³/mol. The first-order valence-corrected chi connectivity index (χ1v) is 6.57. The Morgan fingerprint density at radius 2 is 1.95 bits per heavy atom. The van der Waals surface area contributed by atoms with Gasteiger partial charge in [0.05, 0.1) is 12.8 Å². The molecule has 2 aromatic rings. The molecule has 0 fully saturated rings. The molecule has 0 atom stereocenters. The molecular weight excluding hydrogens is 276 g/mol. The fourth-order valence-corrected chi connectivity index (χ4v) is 2.43. The van der Waals surface area contributed by atoms with E-state index in [1.165, 1.54) is 0 Å². The molecule has 0 aromatic heterocycles. The quantitative estimate of drug-likeness (QED) is 0.920. The number of halogens is 1. The molecule has 1 N–H and O–H groups in total. The number of para-hydroxylation sites is 1. The summed E-state index contributed by atoms with van der Waals surface area (Å²) in [4.78, 5) is 13.8. The average Bonchev–Trinajstić information content (AvgIpc) is 2.46. The highest BCUT2D eigenvalue weighted by atomic mass is 35.5. The lowest BCUT2D eigenvalue weighted by Gasteiger charge is -2.31. The Labute approximate surface area is 121 Å². The Hall–Kier alpha value is -2.20. The number of fused-ring (bicyclic) bond motifs is 1. The monoisotopic (exact) mass is 288 g/mol. The van der Waals surface area contributed by atoms with Gasteiger partial charge in [0.1, 0.15) is 18.0 Å². The smallest absolute Gasteiger partial charge is 0.244 e. The summed E-state index contributed by atoms with van der Waals surface area (Å²) in [6.45, 7) is 0.266. The lowest BCUT2D eigenvalue weighted by molar-refractivity contribution is -0.115. The molecule has 0 bridgehead atoms. The molecule has 4 nitrogen and oxygen atoms in total. The molecule has 1 aliphatic rings. The molecule has 5 heteroatoms. The van der Waals surface area contributed by atoms with Crippen molar-refractivity contribution in [1.82, 2.24) is 0 Å². The second kappa shape index (κ2) is 5.06. The fourth-order valence-electron chi connectivity index (χ4n) is 2.30. The number of hydrogen-bond acceptors (Lipinski definition) is 3. The molecule has 102 valence electrons. The van der Waals surface area contributed by atoms with E-state index in [1.54, 1.807) is 7.11 Å². The summed E-state index contributed by atoms with van der Waals surface area (Å²) >= 11 is 5.91. The van der Waals surface area contributed by atoms with Gasteiger partial charge in [0, 0.05) is 10.7 Å². The summed E-state index contributed by atoms with van der Waals surface area (Å²) in [6, 6.07) is 13.1. The number of carbonyl (C=O) groups excluding carboxylic acids is 1. The number of anilines is 3. The molecule has 2 aromatic carbocycles. The van der Waals surface area contributed by atoms with Gasteiger partial charge in [-0.3, -0.25) is 4.79 Å². The van der Waals surface area contributed by atoms with Crippen LogP contribution in [0.1, 0.15) is 0 Å². The van der Waals surface area contributed by atoms with Crippen molar-refractivity contribution in [2.45, 2.75) is 0 Å². The number of ether oxygens (including phenoxy) is 1. The van der Waals surface area contributed by atoms with Gasteiger partial charge in [-0.2, -0.15) is 0 Å². The van der Waals surface area contributed by atoms with Crippen molar-refractivity contribution in [1.29, 1.82) is 0 Å². The van der Waals surface area contributed by atoms with E-state index in [1.807, 2.05) is 47.4 Å². The normalized spacial score (nSPS) is 13.7. The fraction of sp³-hybridized carbons (Fsp3) is 0.133. The third-order valence-electron chi connectivity index (χ3n) is 3.22. The van der Waals surface area contributed by atoms with Gasteiger partial charge in [-0.1, -0.05) is 17.7 Å². The maximum Gasteiger partial charge on any atom is 0.244 e. The Morgan fingerprint density at radius 3 is 2.65 bits per heavy atom. The Morgan fingerprint density at radius 1 is 1.20 bits per heavy atom. The first-order chi connectivity index (χ1) is 9.69. The van der Waals surface area contributed by atoms with E-state index in [0.29, 0.717) is 16.5 Å². The summed E-state index contributed by atoms with van der Waals surface area (Å²) in [6.07, 6.45) is 0. The van der Waals surface area contributed by atoms with Gasteiger partial charge in [0.15, 0.2) is 0 Å². The van der Waals surface area contributed by atoms with E-state index >= 15 is 0 Å². The highest BCUT2D eigenvalue weighted by Gasteiger charge is 2.25. The number of rotatable bonds is 2. The highest BCUT2D eigenvalue weighted by molar-refractivity contribution is 6.30. The number of nitrogens with zero attached hydrogens (tertiary/aromatic N) is 1. The van der Waals surface area contributed by atoms with Gasteiger partial charge in [0.2, 0.25) is 5.91 Å². The van der Waals surface area contributed by atoms with E-state index in [4.69, 9.17) is 16.3 Å². The van der Waals surface area contributed by atoms with Crippen LogP contribution in [-0.4, -0.2) is 19.6 Å². The SMILES string of the molecule is COc1cccc2c1NC(=O)CN2c1ccc(Cl)cc1. The molecule has 0 spiro atoms. The molecule has 20 heavy (non-hydrogen) atoms. The van der Waals surface area contributed by atoms with Gasteiger partial charge in [-0.25, -0.2) is 0 Å². The molecule has 1 amide bonds. The van der Waals surface area contributed by atoms with Gasteiger partial charge in [0.25, 0.3) is 0 Å². The molecule has 1 heterocycles. The molecule has 3 rings (SSSR count). The van der Waals surface area contributed by atoms with Crippen molar-refractivity contribution in [3.63, 3.8) is 0 Å². The van der Waals surface area contributed by atoms with Gasteiger partial charge >= 0.3 is 0 Å². The standard InChI is InChI=1S/C15H13ClN2O2/c1-20-13-4-2-3-12-15(13)17-14(19)9-18(12)11-7-5-10(16)6-8-11/h2-8H,9H2,1H3,(H,17,19). The summed E-state index contributed by atoms with van der Waals surface area (Å²) in [7, 11) is 1.59. The Bertz CT molecular complexity index is 655. The van der Waals surface area contributed by atoms with Crippen LogP contribution < -0.4 is 15.0 Å². The number of hydrogen-bond donors (Lipinski definition) is 1. The van der Waals surface area contributed by atoms with Crippen LogP contribution in [0.2, 0.25) is 5.02 Å². The van der Waals surface area contributed by atoms with Crippen molar-refractivity contribution in [3.05, 3.63) is 47.5 Å². The third-order valence-corrected chi connectivity index (χ3v) is 3.47. The number of carbonyl (C=O) groups is 1. The second-order valence-electron chi connectivity index (χ2n) is 4.47. The van der Waals surface area contributed by atoms with Crippen LogP contribution in [0.15, 0.2) is 42.5 Å². The van der Waals surface area contributed by atoms with Crippen molar-refractivity contribution >= 4 is 34.6 Å². The van der Waals surface area contributed by atoms with Crippen molar-refractivity contribution < 1.29 is 9.53 Å². The molecular formula is C15H13ClN2O2. The maximum atomic E-state index is 11.9. The summed E-state index contributed by atoms with van der Waals surface area (Å²) in [5, 5.41) is 3.53. The highest BCUT2D eigenvalue weighted by Crippen LogP contribution is 2.40. The van der Waals surface area contributed by atoms with E-state index in [-0.39, 0.29) is 12.5 Å². The lowest BCUT2D eigenvalue weighted by Crippen LogP contribution is -2.35. The van der Waals surface area contributed by atoms with Crippen LogP contribution in [0.25, 0.3) is 0 Å². The van der Waals surface area contributed by atoms with Crippen LogP contribution in [0, 0.1) is 0 Å². The predicted octanol–water partition coefficient (Wildman–Crippen LogP) is 3.44. The Balaban J connectivity index is 2.10. The zero-order valence-electron chi connectivity index (χ0n) is 10.9.